The molecule has 1 amide bonds. The number of ether oxygens (including phenoxy) is 1. The van der Waals surface area contributed by atoms with E-state index < -0.39 is 5.97 Å². The van der Waals surface area contributed by atoms with Gasteiger partial charge in [-0.2, -0.15) is 0 Å². The van der Waals surface area contributed by atoms with Gasteiger partial charge in [0.1, 0.15) is 5.00 Å². The monoisotopic (exact) mass is 397 g/mol. The van der Waals surface area contributed by atoms with Gasteiger partial charge in [0.25, 0.3) is 0 Å². The van der Waals surface area contributed by atoms with E-state index in [1.165, 1.54) is 24.5 Å². The molecule has 0 aliphatic heterocycles. The van der Waals surface area contributed by atoms with Crippen LogP contribution in [-0.2, 0) is 16.0 Å². The lowest BCUT2D eigenvalue weighted by Crippen LogP contribution is -2.12. The van der Waals surface area contributed by atoms with Gasteiger partial charge in [-0.05, 0) is 37.1 Å². The molecule has 4 nitrogen and oxygen atoms in total. The normalized spacial score (nSPS) is 10.9. The lowest BCUT2D eigenvalue weighted by molar-refractivity contribution is -0.111. The third-order valence-corrected chi connectivity index (χ3v) is 5.31. The maximum absolute atomic E-state index is 12.3. The van der Waals surface area contributed by atoms with Crippen LogP contribution in [-0.4, -0.2) is 19.0 Å². The number of aryl methyl sites for hydroxylation is 1. The lowest BCUT2D eigenvalue weighted by Gasteiger charge is -2.05. The second kappa shape index (κ2) is 8.52. The van der Waals surface area contributed by atoms with Gasteiger partial charge in [0.15, 0.2) is 0 Å². The first-order valence-electron chi connectivity index (χ1n) is 7.52. The second-order valence-corrected chi connectivity index (χ2v) is 7.18. The molecule has 0 spiro atoms. The van der Waals surface area contributed by atoms with Crippen molar-refractivity contribution in [2.45, 2.75) is 20.3 Å². The molecule has 7 heteroatoms. The fourth-order valence-corrected chi connectivity index (χ4v) is 4.05. The number of carbonyl (C=O) groups excluding carboxylic acids is 2. The van der Waals surface area contributed by atoms with Crippen LogP contribution in [0.1, 0.15) is 33.3 Å². The molecule has 0 bridgehead atoms. The standard InChI is InChI=1S/C18H17Cl2NO3S/c1-4-11-10(2)25-17(16(11)18(23)24-3)21-15(22)9-8-12-13(19)6-5-7-14(12)20/h5-9H,4H2,1-3H3,(H,21,22)/b9-8+. The highest BCUT2D eigenvalue weighted by Gasteiger charge is 2.22. The van der Waals surface area contributed by atoms with Gasteiger partial charge in [-0.1, -0.05) is 36.2 Å². The van der Waals surface area contributed by atoms with Crippen LogP contribution in [0.15, 0.2) is 24.3 Å². The van der Waals surface area contributed by atoms with Gasteiger partial charge in [0.05, 0.1) is 12.7 Å². The molecule has 25 heavy (non-hydrogen) atoms. The molecular formula is C18H17Cl2NO3S. The van der Waals surface area contributed by atoms with Gasteiger partial charge in [0.2, 0.25) is 5.91 Å². The van der Waals surface area contributed by atoms with Crippen LogP contribution in [0.2, 0.25) is 10.0 Å². The molecule has 1 heterocycles. The van der Waals surface area contributed by atoms with Crippen LogP contribution in [0.4, 0.5) is 5.00 Å². The highest BCUT2D eigenvalue weighted by Crippen LogP contribution is 2.34. The zero-order valence-corrected chi connectivity index (χ0v) is 16.3. The number of hydrogen-bond donors (Lipinski definition) is 1. The molecule has 0 aliphatic rings. The zero-order valence-electron chi connectivity index (χ0n) is 14.0. The molecule has 0 saturated carbocycles. The van der Waals surface area contributed by atoms with E-state index in [9.17, 15) is 9.59 Å². The van der Waals surface area contributed by atoms with Crippen molar-refractivity contribution in [1.82, 2.24) is 0 Å². The van der Waals surface area contributed by atoms with Crippen molar-refractivity contribution in [3.63, 3.8) is 0 Å². The quantitative estimate of drug-likeness (QED) is 0.545. The number of hydrogen-bond acceptors (Lipinski definition) is 4. The van der Waals surface area contributed by atoms with E-state index in [1.807, 2.05) is 13.8 Å². The van der Waals surface area contributed by atoms with Crippen LogP contribution in [0.5, 0.6) is 0 Å². The van der Waals surface area contributed by atoms with Crippen molar-refractivity contribution >= 4 is 57.5 Å². The van der Waals surface area contributed by atoms with Crippen molar-refractivity contribution in [3.05, 3.63) is 55.9 Å². The molecule has 0 saturated heterocycles. The van der Waals surface area contributed by atoms with Crippen molar-refractivity contribution in [2.75, 3.05) is 12.4 Å². The fraction of sp³-hybridized carbons (Fsp3) is 0.222. The Balaban J connectivity index is 2.27. The summed E-state index contributed by atoms with van der Waals surface area (Å²) in [5.41, 5.74) is 1.85. The number of halogens is 2. The minimum atomic E-state index is -0.463. The molecule has 1 N–H and O–H groups in total. The average molecular weight is 398 g/mol. The summed E-state index contributed by atoms with van der Waals surface area (Å²) < 4.78 is 4.84. The predicted molar refractivity (Wildman–Crippen MR) is 104 cm³/mol. The Labute approximate surface area is 160 Å². The van der Waals surface area contributed by atoms with Gasteiger partial charge in [-0.3, -0.25) is 4.79 Å². The van der Waals surface area contributed by atoms with Gasteiger partial charge in [0, 0.05) is 26.6 Å². The van der Waals surface area contributed by atoms with Crippen molar-refractivity contribution in [2.24, 2.45) is 0 Å². The average Bonchev–Trinajstić information content (AvgIpc) is 2.88. The highest BCUT2D eigenvalue weighted by atomic mass is 35.5. The van der Waals surface area contributed by atoms with Gasteiger partial charge >= 0.3 is 5.97 Å². The number of nitrogens with one attached hydrogen (secondary N) is 1. The third kappa shape index (κ3) is 4.42. The predicted octanol–water partition coefficient (Wildman–Crippen LogP) is 5.36. The molecule has 0 aliphatic carbocycles. The van der Waals surface area contributed by atoms with Gasteiger partial charge < -0.3 is 10.1 Å². The van der Waals surface area contributed by atoms with E-state index >= 15 is 0 Å². The minimum Gasteiger partial charge on any atom is -0.465 e. The Bertz CT molecular complexity index is 823. The summed E-state index contributed by atoms with van der Waals surface area (Å²) in [6, 6.07) is 5.11. The Morgan fingerprint density at radius 2 is 1.92 bits per heavy atom. The number of esters is 1. The summed E-state index contributed by atoms with van der Waals surface area (Å²) >= 11 is 13.5. The van der Waals surface area contributed by atoms with Crippen LogP contribution < -0.4 is 5.32 Å². The van der Waals surface area contributed by atoms with Crippen LogP contribution in [0.25, 0.3) is 6.08 Å². The first-order chi connectivity index (χ1) is 11.9. The lowest BCUT2D eigenvalue weighted by atomic mass is 10.1. The van der Waals surface area contributed by atoms with E-state index in [-0.39, 0.29) is 5.91 Å². The van der Waals surface area contributed by atoms with Gasteiger partial charge in [-0.15, -0.1) is 11.3 Å². The maximum atomic E-state index is 12.3. The fourth-order valence-electron chi connectivity index (χ4n) is 2.39. The number of anilines is 1. The first kappa shape index (κ1) is 19.5. The summed E-state index contributed by atoms with van der Waals surface area (Å²) in [6.45, 7) is 3.86. The molecule has 1 aromatic heterocycles. The molecule has 2 rings (SSSR count). The van der Waals surface area contributed by atoms with Crippen molar-refractivity contribution in [3.8, 4) is 0 Å². The Kier molecular flexibility index (Phi) is 6.64. The Morgan fingerprint density at radius 1 is 1.28 bits per heavy atom. The molecule has 0 atom stereocenters. The number of methoxy groups -OCH3 is 1. The molecule has 132 valence electrons. The summed E-state index contributed by atoms with van der Waals surface area (Å²) in [7, 11) is 1.32. The van der Waals surface area contributed by atoms with Gasteiger partial charge in [-0.25, -0.2) is 4.79 Å². The number of benzene rings is 1. The molecular weight excluding hydrogens is 381 g/mol. The topological polar surface area (TPSA) is 55.4 Å². The number of rotatable bonds is 5. The first-order valence-corrected chi connectivity index (χ1v) is 9.09. The molecule has 1 aromatic carbocycles. The molecule has 2 aromatic rings. The van der Waals surface area contributed by atoms with E-state index in [0.29, 0.717) is 32.6 Å². The highest BCUT2D eigenvalue weighted by molar-refractivity contribution is 7.16. The number of thiophene rings is 1. The number of amides is 1. The van der Waals surface area contributed by atoms with Crippen LogP contribution in [0, 0.1) is 6.92 Å². The summed E-state index contributed by atoms with van der Waals surface area (Å²) in [5.74, 6) is -0.848. The van der Waals surface area contributed by atoms with E-state index in [4.69, 9.17) is 27.9 Å². The summed E-state index contributed by atoms with van der Waals surface area (Å²) in [4.78, 5) is 25.3. The van der Waals surface area contributed by atoms with Crippen LogP contribution >= 0.6 is 34.5 Å². The van der Waals surface area contributed by atoms with Crippen LogP contribution in [0.3, 0.4) is 0 Å². The van der Waals surface area contributed by atoms with Crippen molar-refractivity contribution in [1.29, 1.82) is 0 Å². The second-order valence-electron chi connectivity index (χ2n) is 5.14. The summed E-state index contributed by atoms with van der Waals surface area (Å²) in [5, 5.41) is 4.11. The SMILES string of the molecule is CCc1c(C)sc(NC(=O)/C=C/c2c(Cl)cccc2Cl)c1C(=O)OC. The third-order valence-electron chi connectivity index (χ3n) is 3.59. The van der Waals surface area contributed by atoms with E-state index in [0.717, 1.165) is 10.4 Å². The smallest absolute Gasteiger partial charge is 0.341 e. The number of carbonyl (C=O) groups is 2. The maximum Gasteiger partial charge on any atom is 0.341 e. The van der Waals surface area contributed by atoms with E-state index in [2.05, 4.69) is 5.32 Å². The molecule has 0 radical (unpaired) electrons. The Morgan fingerprint density at radius 3 is 2.48 bits per heavy atom. The Hall–Kier alpha value is -1.82. The summed E-state index contributed by atoms with van der Waals surface area (Å²) in [6.07, 6.45) is 3.54. The van der Waals surface area contributed by atoms with E-state index in [1.54, 1.807) is 24.3 Å². The van der Waals surface area contributed by atoms with Crippen molar-refractivity contribution < 1.29 is 14.3 Å². The molecule has 0 unspecified atom stereocenters. The molecule has 0 fully saturated rings. The largest absolute Gasteiger partial charge is 0.465 e. The minimum absolute atomic E-state index is 0.384. The zero-order chi connectivity index (χ0) is 18.6.